The first-order chi connectivity index (χ1) is 16.7. The van der Waals surface area contributed by atoms with Gasteiger partial charge in [-0.05, 0) is 65.2 Å². The topological polar surface area (TPSA) is 18.5 Å². The minimum atomic E-state index is -1.28. The zero-order valence-corrected chi connectivity index (χ0v) is 26.6. The van der Waals surface area contributed by atoms with Crippen molar-refractivity contribution in [2.75, 3.05) is 0 Å². The lowest BCUT2D eigenvalue weighted by Gasteiger charge is -2.38. The predicted molar refractivity (Wildman–Crippen MR) is 160 cm³/mol. The number of rotatable bonds is 6. The molecule has 4 heteroatoms. The van der Waals surface area contributed by atoms with Crippen LogP contribution in [0.1, 0.15) is 82.6 Å². The first-order valence-electron chi connectivity index (χ1n) is 13.7. The first kappa shape index (κ1) is 27.0. The summed E-state index contributed by atoms with van der Waals surface area (Å²) in [6.45, 7) is 25.8. The molecule has 2 unspecified atom stereocenters. The third-order valence-corrected chi connectivity index (χ3v) is 8.98. The van der Waals surface area contributed by atoms with Gasteiger partial charge in [-0.25, -0.2) is 0 Å². The lowest BCUT2D eigenvalue weighted by atomic mass is 9.65. The van der Waals surface area contributed by atoms with E-state index in [1.54, 1.807) is 0 Å². The highest BCUT2D eigenvalue weighted by atomic mass is 28.3. The number of fused-ring (bicyclic) bond motifs is 2. The highest BCUT2D eigenvalue weighted by molar-refractivity contribution is 6.50. The maximum atomic E-state index is 6.74. The van der Waals surface area contributed by atoms with Crippen molar-refractivity contribution in [2.45, 2.75) is 86.5 Å². The Morgan fingerprint density at radius 1 is 0.611 bits per heavy atom. The summed E-state index contributed by atoms with van der Waals surface area (Å²) in [6, 6.07) is 18.0. The van der Waals surface area contributed by atoms with Crippen molar-refractivity contribution >= 4 is 29.6 Å². The maximum absolute atomic E-state index is 6.74. The van der Waals surface area contributed by atoms with Gasteiger partial charge in [-0.3, -0.25) is 0 Å². The molecule has 0 aliphatic heterocycles. The summed E-state index contributed by atoms with van der Waals surface area (Å²) in [7, 11) is -2.56. The highest BCUT2D eigenvalue weighted by Crippen LogP contribution is 2.60. The van der Waals surface area contributed by atoms with E-state index in [1.165, 1.54) is 33.4 Å². The molecule has 0 heterocycles. The van der Waals surface area contributed by atoms with Gasteiger partial charge >= 0.3 is 0 Å². The van der Waals surface area contributed by atoms with E-state index in [-0.39, 0.29) is 10.8 Å². The Hall–Kier alpha value is -2.05. The molecular formula is C32H46O2Si2. The predicted octanol–water partition coefficient (Wildman–Crippen LogP) is 8.73. The van der Waals surface area contributed by atoms with Crippen LogP contribution in [0.2, 0.25) is 26.2 Å². The fourth-order valence-electron chi connectivity index (χ4n) is 6.46. The van der Waals surface area contributed by atoms with Crippen molar-refractivity contribution in [3.8, 4) is 0 Å². The molecule has 36 heavy (non-hydrogen) atoms. The molecule has 0 saturated carbocycles. The fraction of sp³-hybridized carbons (Fsp3) is 0.500. The second-order valence-corrected chi connectivity index (χ2v) is 18.0. The minimum Gasteiger partial charge on any atom is -0.547 e. The van der Waals surface area contributed by atoms with Crippen LogP contribution in [0, 0.1) is 16.7 Å². The van der Waals surface area contributed by atoms with Gasteiger partial charge in [0.05, 0.1) is 0 Å². The van der Waals surface area contributed by atoms with Crippen LogP contribution >= 0.6 is 0 Å². The molecule has 0 saturated heterocycles. The summed E-state index contributed by atoms with van der Waals surface area (Å²) in [6.07, 6.45) is 0. The van der Waals surface area contributed by atoms with E-state index in [0.29, 0.717) is 17.8 Å². The zero-order valence-electron chi connectivity index (χ0n) is 24.3. The van der Waals surface area contributed by atoms with Crippen LogP contribution in [0.4, 0.5) is 0 Å². The number of hydrogen-bond acceptors (Lipinski definition) is 2. The van der Waals surface area contributed by atoms with E-state index >= 15 is 0 Å². The zero-order chi connectivity index (χ0) is 26.6. The molecule has 0 fully saturated rings. The monoisotopic (exact) mass is 518 g/mol. The van der Waals surface area contributed by atoms with Gasteiger partial charge in [-0.2, -0.15) is 0 Å². The molecule has 2 aliphatic carbocycles. The Kier molecular flexibility index (Phi) is 7.26. The third-order valence-electron chi connectivity index (χ3n) is 7.57. The second-order valence-electron chi connectivity index (χ2n) is 13.3. The smallest absolute Gasteiger partial charge is 0.229 e. The van der Waals surface area contributed by atoms with Crippen LogP contribution in [-0.4, -0.2) is 18.1 Å². The van der Waals surface area contributed by atoms with Gasteiger partial charge in [0.2, 0.25) is 18.1 Å². The molecule has 194 valence electrons. The van der Waals surface area contributed by atoms with Gasteiger partial charge in [0.15, 0.2) is 0 Å². The van der Waals surface area contributed by atoms with Crippen LogP contribution in [0.5, 0.6) is 0 Å². The van der Waals surface area contributed by atoms with Crippen LogP contribution in [0.15, 0.2) is 59.7 Å². The average molecular weight is 519 g/mol. The summed E-state index contributed by atoms with van der Waals surface area (Å²) in [5.74, 6) is 3.29. The Balaban J connectivity index is 1.96. The summed E-state index contributed by atoms with van der Waals surface area (Å²) in [4.78, 5) is 0. The Bertz CT molecular complexity index is 1100. The normalized spacial score (nSPS) is 20.8. The van der Waals surface area contributed by atoms with E-state index in [1.807, 2.05) is 0 Å². The number of allylic oxidation sites excluding steroid dienone is 2. The number of benzene rings is 2. The SMILES string of the molecule is CC(C1C(C(C)(C)C)=C(O[SiH](C)C)c2ccccc21)C1C(C(C)(C)C)=C(O[SiH](C)C)c2ccccc21. The van der Waals surface area contributed by atoms with Gasteiger partial charge in [0, 0.05) is 23.0 Å². The van der Waals surface area contributed by atoms with Crippen LogP contribution in [-0.2, 0) is 8.85 Å². The highest BCUT2D eigenvalue weighted by Gasteiger charge is 2.48. The maximum Gasteiger partial charge on any atom is 0.229 e. The summed E-state index contributed by atoms with van der Waals surface area (Å²) in [5.41, 5.74) is 8.41. The molecule has 0 N–H and O–H groups in total. The third kappa shape index (κ3) is 4.79. The molecule has 2 aromatic carbocycles. The molecular weight excluding hydrogens is 473 g/mol. The molecule has 4 rings (SSSR count). The minimum absolute atomic E-state index is 0.00444. The lowest BCUT2D eigenvalue weighted by molar-refractivity contribution is 0.345. The van der Waals surface area contributed by atoms with E-state index in [2.05, 4.69) is 123 Å². The van der Waals surface area contributed by atoms with Gasteiger partial charge in [0.25, 0.3) is 0 Å². The van der Waals surface area contributed by atoms with E-state index in [4.69, 9.17) is 8.85 Å². The van der Waals surface area contributed by atoms with E-state index in [9.17, 15) is 0 Å². The first-order valence-corrected chi connectivity index (χ1v) is 19.3. The van der Waals surface area contributed by atoms with Crippen molar-refractivity contribution in [1.82, 2.24) is 0 Å². The largest absolute Gasteiger partial charge is 0.547 e. The van der Waals surface area contributed by atoms with Crippen molar-refractivity contribution < 1.29 is 8.85 Å². The fourth-order valence-corrected chi connectivity index (χ4v) is 7.91. The molecule has 0 aromatic heterocycles. The van der Waals surface area contributed by atoms with Gasteiger partial charge in [-0.1, -0.05) is 97.0 Å². The summed E-state index contributed by atoms with van der Waals surface area (Å²) < 4.78 is 13.5. The second kappa shape index (κ2) is 9.68. The lowest BCUT2D eigenvalue weighted by Crippen LogP contribution is -2.28. The van der Waals surface area contributed by atoms with Crippen molar-refractivity contribution in [1.29, 1.82) is 0 Å². The molecule has 0 amide bonds. The quantitative estimate of drug-likeness (QED) is 0.356. The molecule has 2 nitrogen and oxygen atoms in total. The van der Waals surface area contributed by atoms with Gasteiger partial charge < -0.3 is 8.85 Å². The number of hydrogen-bond donors (Lipinski definition) is 0. The molecule has 0 bridgehead atoms. The Morgan fingerprint density at radius 2 is 0.944 bits per heavy atom. The standard InChI is InChI=1S/C32H46O2Si2/c1-20(25-21-16-12-14-18-23(21)29(33-35(8)9)27(25)31(2,3)4)26-22-17-13-15-19-24(22)30(34-36(10)11)28(26)32(5,6)7/h12-20,25-26,35-36H,1-11H3. The summed E-state index contributed by atoms with van der Waals surface area (Å²) in [5, 5.41) is 0. The van der Waals surface area contributed by atoms with Gasteiger partial charge in [-0.15, -0.1) is 0 Å². The van der Waals surface area contributed by atoms with E-state index < -0.39 is 18.1 Å². The van der Waals surface area contributed by atoms with Crippen molar-refractivity contribution in [3.05, 3.63) is 81.9 Å². The van der Waals surface area contributed by atoms with E-state index in [0.717, 1.165) is 11.5 Å². The summed E-state index contributed by atoms with van der Waals surface area (Å²) >= 11 is 0. The molecule has 2 aromatic rings. The van der Waals surface area contributed by atoms with Crippen LogP contribution in [0.3, 0.4) is 0 Å². The molecule has 0 radical (unpaired) electrons. The van der Waals surface area contributed by atoms with Crippen molar-refractivity contribution in [2.24, 2.45) is 16.7 Å². The Morgan fingerprint density at radius 3 is 1.25 bits per heavy atom. The Labute approximate surface area is 223 Å². The van der Waals surface area contributed by atoms with Crippen LogP contribution in [0.25, 0.3) is 11.5 Å². The molecule has 0 spiro atoms. The van der Waals surface area contributed by atoms with Gasteiger partial charge in [0.1, 0.15) is 11.5 Å². The average Bonchev–Trinajstić information content (AvgIpc) is 3.26. The molecule has 2 atom stereocenters. The molecule has 2 aliphatic rings. The van der Waals surface area contributed by atoms with Crippen LogP contribution < -0.4 is 0 Å². The van der Waals surface area contributed by atoms with Crippen molar-refractivity contribution in [3.63, 3.8) is 0 Å².